The van der Waals surface area contributed by atoms with Gasteiger partial charge in [-0.25, -0.2) is 0 Å². The molecule has 24 heavy (non-hydrogen) atoms. The van der Waals surface area contributed by atoms with E-state index in [-0.39, 0.29) is 5.91 Å². The average Bonchev–Trinajstić information content (AvgIpc) is 2.74. The Balaban J connectivity index is 1.49. The zero-order valence-electron chi connectivity index (χ0n) is 14.5. The molecule has 2 heterocycles. The fraction of sp³-hybridized carbons (Fsp3) is 0.650. The fourth-order valence-corrected chi connectivity index (χ4v) is 6.90. The molecule has 0 radical (unpaired) electrons. The highest BCUT2D eigenvalue weighted by atomic mass is 32.2. The Morgan fingerprint density at radius 2 is 1.92 bits per heavy atom. The zero-order chi connectivity index (χ0) is 16.5. The summed E-state index contributed by atoms with van der Waals surface area (Å²) >= 11 is 3.68. The minimum atomic E-state index is 0.164. The number of amides is 1. The van der Waals surface area contributed by atoms with Crippen LogP contribution in [0, 0.1) is 5.92 Å². The summed E-state index contributed by atoms with van der Waals surface area (Å²) in [4.78, 5) is 16.6. The molecule has 0 aromatic carbocycles. The van der Waals surface area contributed by atoms with Crippen molar-refractivity contribution in [1.29, 1.82) is 0 Å². The van der Waals surface area contributed by atoms with Gasteiger partial charge in [0.1, 0.15) is 0 Å². The summed E-state index contributed by atoms with van der Waals surface area (Å²) in [5.74, 6) is 1.96. The molecule has 1 aliphatic heterocycles. The van der Waals surface area contributed by atoms with Gasteiger partial charge in [0.15, 0.2) is 0 Å². The van der Waals surface area contributed by atoms with Gasteiger partial charge in [-0.15, -0.1) is 23.1 Å². The van der Waals surface area contributed by atoms with Crippen LogP contribution in [0.2, 0.25) is 0 Å². The lowest BCUT2D eigenvalue weighted by Crippen LogP contribution is -2.35. The topological polar surface area (TPSA) is 29.1 Å². The van der Waals surface area contributed by atoms with Gasteiger partial charge in [-0.05, 0) is 55.2 Å². The second kappa shape index (κ2) is 7.25. The zero-order valence-corrected chi connectivity index (χ0v) is 16.2. The van der Waals surface area contributed by atoms with Crippen LogP contribution < -0.4 is 5.32 Å². The SMILES string of the molecule is CC1CCc2c(sc3c2CSC(C(=O)NC2CCCCCC2)=C3)C1. The Bertz CT molecular complexity index is 653. The van der Waals surface area contributed by atoms with Crippen molar-refractivity contribution in [3.63, 3.8) is 0 Å². The maximum atomic E-state index is 12.7. The molecule has 0 bridgehead atoms. The van der Waals surface area contributed by atoms with Crippen LogP contribution in [0.3, 0.4) is 0 Å². The minimum Gasteiger partial charge on any atom is -0.349 e. The van der Waals surface area contributed by atoms with E-state index >= 15 is 0 Å². The van der Waals surface area contributed by atoms with Crippen molar-refractivity contribution in [1.82, 2.24) is 5.32 Å². The van der Waals surface area contributed by atoms with E-state index in [9.17, 15) is 4.79 Å². The maximum absolute atomic E-state index is 12.7. The van der Waals surface area contributed by atoms with Crippen molar-refractivity contribution in [2.24, 2.45) is 5.92 Å². The first kappa shape index (κ1) is 16.7. The van der Waals surface area contributed by atoms with Crippen molar-refractivity contribution in [2.45, 2.75) is 76.5 Å². The molecule has 1 aromatic rings. The number of carbonyl (C=O) groups excluding carboxylic acids is 1. The van der Waals surface area contributed by atoms with Crippen molar-refractivity contribution in [2.75, 3.05) is 0 Å². The Morgan fingerprint density at radius 3 is 2.71 bits per heavy atom. The second-order valence-corrected chi connectivity index (χ2v) is 9.81. The van der Waals surface area contributed by atoms with Crippen molar-refractivity contribution < 1.29 is 4.79 Å². The van der Waals surface area contributed by atoms with Crippen LogP contribution >= 0.6 is 23.1 Å². The molecule has 130 valence electrons. The summed E-state index contributed by atoms with van der Waals surface area (Å²) in [5, 5.41) is 3.30. The number of thiophene rings is 1. The van der Waals surface area contributed by atoms with Gasteiger partial charge in [-0.2, -0.15) is 0 Å². The Morgan fingerprint density at radius 1 is 1.12 bits per heavy atom. The Labute approximate surface area is 153 Å². The molecule has 2 aliphatic carbocycles. The van der Waals surface area contributed by atoms with Gasteiger partial charge in [0.2, 0.25) is 0 Å². The third-order valence-corrected chi connectivity index (χ3v) is 7.99. The molecule has 1 saturated carbocycles. The van der Waals surface area contributed by atoms with E-state index in [2.05, 4.69) is 18.3 Å². The summed E-state index contributed by atoms with van der Waals surface area (Å²) in [6.07, 6.45) is 13.4. The number of nitrogens with one attached hydrogen (secondary N) is 1. The smallest absolute Gasteiger partial charge is 0.257 e. The third-order valence-electron chi connectivity index (χ3n) is 5.70. The lowest BCUT2D eigenvalue weighted by atomic mass is 9.88. The van der Waals surface area contributed by atoms with Crippen LogP contribution in [0.1, 0.15) is 72.8 Å². The van der Waals surface area contributed by atoms with Crippen molar-refractivity contribution in [3.05, 3.63) is 25.8 Å². The Kier molecular flexibility index (Phi) is 5.05. The first-order chi connectivity index (χ1) is 11.7. The molecule has 3 aliphatic rings. The van der Waals surface area contributed by atoms with Crippen LogP contribution in [0.15, 0.2) is 4.91 Å². The number of fused-ring (bicyclic) bond motifs is 3. The molecule has 1 amide bonds. The van der Waals surface area contributed by atoms with E-state index in [4.69, 9.17) is 0 Å². The third kappa shape index (κ3) is 3.45. The van der Waals surface area contributed by atoms with Gasteiger partial charge < -0.3 is 5.32 Å². The molecule has 4 rings (SSSR count). The first-order valence-corrected chi connectivity index (χ1v) is 11.3. The van der Waals surface area contributed by atoms with E-state index in [1.165, 1.54) is 55.4 Å². The lowest BCUT2D eigenvalue weighted by molar-refractivity contribution is -0.117. The normalized spacial score (nSPS) is 24.5. The highest BCUT2D eigenvalue weighted by Gasteiger charge is 2.27. The largest absolute Gasteiger partial charge is 0.349 e. The minimum absolute atomic E-state index is 0.164. The van der Waals surface area contributed by atoms with Crippen LogP contribution in [0.25, 0.3) is 6.08 Å². The van der Waals surface area contributed by atoms with E-state index in [0.717, 1.165) is 29.4 Å². The summed E-state index contributed by atoms with van der Waals surface area (Å²) in [5.41, 5.74) is 3.14. The number of hydrogen-bond acceptors (Lipinski definition) is 3. The molecule has 1 aromatic heterocycles. The van der Waals surface area contributed by atoms with Crippen LogP contribution in [-0.4, -0.2) is 11.9 Å². The van der Waals surface area contributed by atoms with E-state index in [1.54, 1.807) is 22.2 Å². The summed E-state index contributed by atoms with van der Waals surface area (Å²) < 4.78 is 0. The fourth-order valence-electron chi connectivity index (χ4n) is 4.23. The second-order valence-electron chi connectivity index (χ2n) is 7.65. The Hall–Kier alpha value is -0.740. The molecule has 1 atom stereocenters. The molecular weight excluding hydrogens is 334 g/mol. The summed E-state index contributed by atoms with van der Waals surface area (Å²) in [6.45, 7) is 2.36. The monoisotopic (exact) mass is 361 g/mol. The van der Waals surface area contributed by atoms with Crippen LogP contribution in [0.5, 0.6) is 0 Å². The number of rotatable bonds is 2. The summed E-state index contributed by atoms with van der Waals surface area (Å²) in [7, 11) is 0. The summed E-state index contributed by atoms with van der Waals surface area (Å²) in [6, 6.07) is 0.389. The molecule has 0 spiro atoms. The van der Waals surface area contributed by atoms with Gasteiger partial charge in [-0.1, -0.05) is 32.6 Å². The predicted octanol–water partition coefficient (Wildman–Crippen LogP) is 5.30. The van der Waals surface area contributed by atoms with Crippen molar-refractivity contribution in [3.8, 4) is 0 Å². The highest BCUT2D eigenvalue weighted by Crippen LogP contribution is 2.43. The predicted molar refractivity (Wildman–Crippen MR) is 104 cm³/mol. The molecule has 4 heteroatoms. The van der Waals surface area contributed by atoms with Gasteiger partial charge in [0, 0.05) is 21.5 Å². The molecular formula is C20H27NOS2. The molecule has 0 saturated heterocycles. The molecule has 1 unspecified atom stereocenters. The molecule has 1 N–H and O–H groups in total. The molecule has 2 nitrogen and oxygen atoms in total. The van der Waals surface area contributed by atoms with Crippen LogP contribution in [-0.2, 0) is 23.4 Å². The van der Waals surface area contributed by atoms with E-state index in [0.29, 0.717) is 6.04 Å². The first-order valence-electron chi connectivity index (χ1n) is 9.49. The quantitative estimate of drug-likeness (QED) is 0.724. The number of hydrogen-bond donors (Lipinski definition) is 1. The van der Waals surface area contributed by atoms with E-state index in [1.807, 2.05) is 11.3 Å². The average molecular weight is 362 g/mol. The molecule has 1 fully saturated rings. The van der Waals surface area contributed by atoms with Gasteiger partial charge in [0.05, 0.1) is 4.91 Å². The maximum Gasteiger partial charge on any atom is 0.257 e. The van der Waals surface area contributed by atoms with E-state index < -0.39 is 0 Å². The lowest BCUT2D eigenvalue weighted by Gasteiger charge is -2.21. The van der Waals surface area contributed by atoms with Gasteiger partial charge >= 0.3 is 0 Å². The van der Waals surface area contributed by atoms with Gasteiger partial charge in [0.25, 0.3) is 5.91 Å². The number of thioether (sulfide) groups is 1. The van der Waals surface area contributed by atoms with Crippen molar-refractivity contribution >= 4 is 35.1 Å². The standard InChI is InChI=1S/C20H27NOS2/c1-13-8-9-15-16-12-23-19(11-18(16)24-17(15)10-13)20(22)21-14-6-4-2-3-5-7-14/h11,13-14H,2-10,12H2,1H3,(H,21,22). The van der Waals surface area contributed by atoms with Gasteiger partial charge in [-0.3, -0.25) is 4.79 Å². The highest BCUT2D eigenvalue weighted by molar-refractivity contribution is 8.03. The van der Waals surface area contributed by atoms with Crippen LogP contribution in [0.4, 0.5) is 0 Å². The number of carbonyl (C=O) groups is 1.